The average molecular weight is 421 g/mol. The van der Waals surface area contributed by atoms with E-state index in [1.54, 1.807) is 6.07 Å². The number of carbonyl (C=O) groups is 1. The number of amides is 1. The smallest absolute Gasteiger partial charge is 0.324 e. The van der Waals surface area contributed by atoms with E-state index >= 15 is 0 Å². The van der Waals surface area contributed by atoms with Gasteiger partial charge in [0.05, 0.1) is 0 Å². The molecule has 0 aliphatic rings. The van der Waals surface area contributed by atoms with Crippen LogP contribution in [0.25, 0.3) is 0 Å². The van der Waals surface area contributed by atoms with Crippen LogP contribution in [0.15, 0.2) is 30.3 Å². The van der Waals surface area contributed by atoms with Crippen molar-refractivity contribution in [2.75, 3.05) is 5.32 Å². The Morgan fingerprint density at radius 2 is 1.52 bits per heavy atom. The highest BCUT2D eigenvalue weighted by Crippen LogP contribution is 2.39. The van der Waals surface area contributed by atoms with Crippen LogP contribution in [0.1, 0.15) is 0 Å². The Kier molecular flexibility index (Phi) is 5.14. The minimum Gasteiger partial charge on any atom is -0.324 e. The second kappa shape index (κ2) is 6.13. The molecule has 114 valence electrons. The molecule has 0 bridgehead atoms. The van der Waals surface area contributed by atoms with E-state index in [0.29, 0.717) is 28.5 Å². The van der Waals surface area contributed by atoms with Crippen molar-refractivity contribution in [1.82, 2.24) is 0 Å². The maximum Gasteiger partial charge on any atom is 0.457 e. The van der Waals surface area contributed by atoms with Crippen molar-refractivity contribution in [3.63, 3.8) is 0 Å². The molecular formula is C12H6F6INO. The molecule has 1 aromatic carbocycles. The van der Waals surface area contributed by atoms with Crippen LogP contribution in [0.2, 0.25) is 0 Å². The predicted octanol–water partition coefficient (Wildman–Crippen LogP) is 3.93. The van der Waals surface area contributed by atoms with Gasteiger partial charge in [0.15, 0.2) is 0 Å². The van der Waals surface area contributed by atoms with Crippen molar-refractivity contribution < 1.29 is 31.1 Å². The van der Waals surface area contributed by atoms with Crippen molar-refractivity contribution >= 4 is 34.2 Å². The fourth-order valence-corrected chi connectivity index (χ4v) is 1.42. The standard InChI is InChI=1S/C12H6F6INO/c13-11(14,15)7-6-10(19,12(16,17)18)9(21)20-8-4-2-1-3-5-8/h1-5H,(H,20,21). The quantitative estimate of drug-likeness (QED) is 0.334. The Morgan fingerprint density at radius 1 is 1.00 bits per heavy atom. The third-order valence-electron chi connectivity index (χ3n) is 2.11. The highest BCUT2D eigenvalue weighted by Gasteiger charge is 2.58. The number of para-hydroxylation sites is 1. The molecule has 1 unspecified atom stereocenters. The number of benzene rings is 1. The minimum atomic E-state index is -5.27. The number of alkyl halides is 7. The highest BCUT2D eigenvalue weighted by molar-refractivity contribution is 14.1. The number of hydrogen-bond donors (Lipinski definition) is 1. The second-order valence-corrected chi connectivity index (χ2v) is 5.34. The minimum absolute atomic E-state index is 0.0154. The average Bonchev–Trinajstić information content (AvgIpc) is 2.34. The van der Waals surface area contributed by atoms with Crippen molar-refractivity contribution in [2.24, 2.45) is 0 Å². The van der Waals surface area contributed by atoms with E-state index in [9.17, 15) is 31.1 Å². The second-order valence-electron chi connectivity index (χ2n) is 3.72. The monoisotopic (exact) mass is 421 g/mol. The van der Waals surface area contributed by atoms with E-state index < -0.39 is 21.7 Å². The number of halogens is 7. The van der Waals surface area contributed by atoms with Crippen molar-refractivity contribution in [2.45, 2.75) is 15.8 Å². The Hall–Kier alpha value is -1.44. The summed E-state index contributed by atoms with van der Waals surface area (Å²) in [5.41, 5.74) is 0.0154. The molecular weight excluding hydrogens is 415 g/mol. The van der Waals surface area contributed by atoms with Crippen molar-refractivity contribution in [3.05, 3.63) is 30.3 Å². The van der Waals surface area contributed by atoms with Crippen LogP contribution in [-0.4, -0.2) is 21.7 Å². The molecule has 0 saturated carbocycles. The number of anilines is 1. The summed E-state index contributed by atoms with van der Waals surface area (Å²) in [4.78, 5) is 11.7. The molecule has 0 aliphatic carbocycles. The predicted molar refractivity (Wildman–Crippen MR) is 71.7 cm³/mol. The number of hydrogen-bond acceptors (Lipinski definition) is 1. The number of nitrogens with one attached hydrogen (secondary N) is 1. The topological polar surface area (TPSA) is 29.1 Å². The van der Waals surface area contributed by atoms with E-state index in [4.69, 9.17) is 0 Å². The maximum atomic E-state index is 12.9. The van der Waals surface area contributed by atoms with Crippen LogP contribution in [0.4, 0.5) is 32.0 Å². The molecule has 1 rings (SSSR count). The van der Waals surface area contributed by atoms with Gasteiger partial charge in [0.25, 0.3) is 9.33 Å². The molecule has 1 amide bonds. The van der Waals surface area contributed by atoms with Crippen LogP contribution in [0.5, 0.6) is 0 Å². The molecule has 0 saturated heterocycles. The summed E-state index contributed by atoms with van der Waals surface area (Å²) in [5, 5.41) is 1.89. The normalized spacial score (nSPS) is 14.6. The fourth-order valence-electron chi connectivity index (χ4n) is 1.15. The lowest BCUT2D eigenvalue weighted by Crippen LogP contribution is -2.48. The SMILES string of the molecule is O=C(Nc1ccccc1)C(I)(C#CC(F)(F)F)C(F)(F)F. The first-order chi connectivity index (χ1) is 9.46. The van der Waals surface area contributed by atoms with Gasteiger partial charge in [-0.1, -0.05) is 24.1 Å². The summed E-state index contributed by atoms with van der Waals surface area (Å²) in [6, 6.07) is 7.03. The third-order valence-corrected chi connectivity index (χ3v) is 3.48. The molecule has 0 heterocycles. The van der Waals surface area contributed by atoms with Gasteiger partial charge in [-0.3, -0.25) is 4.79 Å². The molecule has 9 heteroatoms. The maximum absolute atomic E-state index is 12.9. The molecule has 0 aliphatic heterocycles. The lowest BCUT2D eigenvalue weighted by molar-refractivity contribution is -0.154. The molecule has 0 radical (unpaired) electrons. The van der Waals surface area contributed by atoms with Crippen LogP contribution in [0.3, 0.4) is 0 Å². The van der Waals surface area contributed by atoms with Gasteiger partial charge >= 0.3 is 12.4 Å². The van der Waals surface area contributed by atoms with E-state index in [-0.39, 0.29) is 5.69 Å². The first-order valence-corrected chi connectivity index (χ1v) is 6.27. The van der Waals surface area contributed by atoms with E-state index in [1.165, 1.54) is 24.3 Å². The van der Waals surface area contributed by atoms with Gasteiger partial charge in [-0.25, -0.2) is 0 Å². The molecule has 0 spiro atoms. The first kappa shape index (κ1) is 17.6. The highest BCUT2D eigenvalue weighted by atomic mass is 127. The summed E-state index contributed by atoms with van der Waals surface area (Å²) >= 11 is 0.564. The Morgan fingerprint density at radius 3 is 1.95 bits per heavy atom. The molecule has 1 atom stereocenters. The summed E-state index contributed by atoms with van der Waals surface area (Å²) in [5.74, 6) is -0.228. The van der Waals surface area contributed by atoms with E-state index in [1.807, 2.05) is 5.32 Å². The fraction of sp³-hybridized carbons (Fsp3) is 0.250. The van der Waals surface area contributed by atoms with Gasteiger partial charge in [-0.15, -0.1) is 0 Å². The lowest BCUT2D eigenvalue weighted by atomic mass is 10.1. The van der Waals surface area contributed by atoms with Crippen LogP contribution in [0, 0.1) is 11.8 Å². The van der Waals surface area contributed by atoms with Gasteiger partial charge in [-0.2, -0.15) is 26.3 Å². The summed E-state index contributed by atoms with van der Waals surface area (Å²) < 4.78 is 71.1. The Labute approximate surface area is 129 Å². The van der Waals surface area contributed by atoms with Crippen LogP contribution >= 0.6 is 22.6 Å². The molecule has 1 N–H and O–H groups in total. The zero-order valence-electron chi connectivity index (χ0n) is 9.94. The van der Waals surface area contributed by atoms with E-state index in [0.717, 1.165) is 5.92 Å². The third kappa shape index (κ3) is 4.80. The van der Waals surface area contributed by atoms with Crippen LogP contribution in [-0.2, 0) is 4.79 Å². The van der Waals surface area contributed by atoms with Gasteiger partial charge < -0.3 is 5.32 Å². The molecule has 0 aromatic heterocycles. The zero-order valence-corrected chi connectivity index (χ0v) is 12.1. The summed E-state index contributed by atoms with van der Waals surface area (Å²) in [6.07, 6.45) is -10.4. The molecule has 1 aromatic rings. The number of rotatable bonds is 2. The molecule has 0 fully saturated rings. The van der Waals surface area contributed by atoms with Crippen molar-refractivity contribution in [3.8, 4) is 11.8 Å². The van der Waals surface area contributed by atoms with E-state index in [2.05, 4.69) is 0 Å². The largest absolute Gasteiger partial charge is 0.457 e. The molecule has 2 nitrogen and oxygen atoms in total. The Balaban J connectivity index is 3.13. The van der Waals surface area contributed by atoms with Gasteiger partial charge in [0.1, 0.15) is 0 Å². The molecule has 21 heavy (non-hydrogen) atoms. The van der Waals surface area contributed by atoms with Crippen LogP contribution < -0.4 is 5.32 Å². The van der Waals surface area contributed by atoms with Gasteiger partial charge in [0.2, 0.25) is 0 Å². The first-order valence-electron chi connectivity index (χ1n) is 5.19. The number of carbonyl (C=O) groups excluding carboxylic acids is 1. The summed E-state index contributed by atoms with van der Waals surface area (Å²) in [6.45, 7) is 0. The lowest BCUT2D eigenvalue weighted by Gasteiger charge is -2.23. The van der Waals surface area contributed by atoms with Gasteiger partial charge in [-0.05, 0) is 34.7 Å². The zero-order chi connectivity index (χ0) is 16.3. The summed E-state index contributed by atoms with van der Waals surface area (Å²) in [7, 11) is 0. The van der Waals surface area contributed by atoms with Gasteiger partial charge in [0, 0.05) is 11.6 Å². The Bertz CT molecular complexity index is 571. The van der Waals surface area contributed by atoms with Crippen molar-refractivity contribution in [1.29, 1.82) is 0 Å².